The van der Waals surface area contributed by atoms with Gasteiger partial charge < -0.3 is 14.8 Å². The van der Waals surface area contributed by atoms with Crippen molar-refractivity contribution in [2.24, 2.45) is 7.05 Å². The molecule has 0 aliphatic heterocycles. The van der Waals surface area contributed by atoms with Crippen molar-refractivity contribution in [2.45, 2.75) is 26.3 Å². The number of aromatic nitrogens is 4. The summed E-state index contributed by atoms with van der Waals surface area (Å²) in [5, 5.41) is 11.5. The molecule has 1 aromatic carbocycles. The molecule has 3 rings (SSSR count). The van der Waals surface area contributed by atoms with E-state index in [1.54, 1.807) is 24.9 Å². The van der Waals surface area contributed by atoms with Crippen molar-refractivity contribution in [2.75, 3.05) is 19.5 Å². The Bertz CT molecular complexity index is 1090. The average Bonchev–Trinajstić information content (AvgIpc) is 3.05. The zero-order valence-corrected chi connectivity index (χ0v) is 17.5. The lowest BCUT2D eigenvalue weighted by molar-refractivity contribution is -0.116. The second kappa shape index (κ2) is 9.25. The molecule has 9 nitrogen and oxygen atoms in total. The van der Waals surface area contributed by atoms with Crippen LogP contribution >= 0.6 is 0 Å². The fraction of sp³-hybridized carbons (Fsp3) is 0.333. The van der Waals surface area contributed by atoms with E-state index in [0.29, 0.717) is 30.2 Å². The number of ether oxygens (including phenoxy) is 2. The lowest BCUT2D eigenvalue weighted by atomic mass is 10.1. The van der Waals surface area contributed by atoms with Crippen LogP contribution in [0.25, 0.3) is 11.3 Å². The maximum atomic E-state index is 12.4. The van der Waals surface area contributed by atoms with Gasteiger partial charge in [-0.3, -0.25) is 14.3 Å². The van der Waals surface area contributed by atoms with Gasteiger partial charge in [-0.25, -0.2) is 4.68 Å². The van der Waals surface area contributed by atoms with E-state index in [1.165, 1.54) is 17.9 Å². The van der Waals surface area contributed by atoms with Gasteiger partial charge in [-0.15, -0.1) is 0 Å². The summed E-state index contributed by atoms with van der Waals surface area (Å²) in [5.41, 5.74) is 1.89. The van der Waals surface area contributed by atoms with E-state index in [2.05, 4.69) is 15.5 Å². The molecule has 2 heterocycles. The molecule has 0 spiro atoms. The van der Waals surface area contributed by atoms with Crippen molar-refractivity contribution in [3.05, 3.63) is 52.4 Å². The SMILES string of the molecule is COc1ccc(-c2nn(CCCC(=O)Nc3cc(C)nn3C)c(=O)cc2OC)cc1. The molecule has 3 aromatic rings. The summed E-state index contributed by atoms with van der Waals surface area (Å²) in [6.07, 6.45) is 0.714. The summed E-state index contributed by atoms with van der Waals surface area (Å²) >= 11 is 0. The van der Waals surface area contributed by atoms with Crippen molar-refractivity contribution in [3.8, 4) is 22.8 Å². The number of aryl methyl sites for hydroxylation is 3. The zero-order chi connectivity index (χ0) is 21.7. The Labute approximate surface area is 174 Å². The summed E-state index contributed by atoms with van der Waals surface area (Å²) in [6, 6.07) is 10.5. The number of benzene rings is 1. The summed E-state index contributed by atoms with van der Waals surface area (Å²) in [6.45, 7) is 2.17. The number of nitrogens with zero attached hydrogens (tertiary/aromatic N) is 4. The van der Waals surface area contributed by atoms with Gasteiger partial charge >= 0.3 is 0 Å². The predicted molar refractivity (Wildman–Crippen MR) is 113 cm³/mol. The van der Waals surface area contributed by atoms with Gasteiger partial charge in [0.1, 0.15) is 17.3 Å². The highest BCUT2D eigenvalue weighted by atomic mass is 16.5. The molecule has 2 aromatic heterocycles. The molecular weight excluding hydrogens is 386 g/mol. The maximum Gasteiger partial charge on any atom is 0.270 e. The summed E-state index contributed by atoms with van der Waals surface area (Å²) in [5.74, 6) is 1.61. The van der Waals surface area contributed by atoms with Crippen LogP contribution in [0.1, 0.15) is 18.5 Å². The number of hydrogen-bond donors (Lipinski definition) is 1. The van der Waals surface area contributed by atoms with Gasteiger partial charge in [0.15, 0.2) is 5.75 Å². The lowest BCUT2D eigenvalue weighted by Gasteiger charge is -2.12. The number of amides is 1. The first-order valence-corrected chi connectivity index (χ1v) is 9.52. The van der Waals surface area contributed by atoms with Gasteiger partial charge in [-0.2, -0.15) is 10.2 Å². The quantitative estimate of drug-likeness (QED) is 0.611. The van der Waals surface area contributed by atoms with Crippen LogP contribution in [-0.4, -0.2) is 39.7 Å². The monoisotopic (exact) mass is 411 g/mol. The summed E-state index contributed by atoms with van der Waals surface area (Å²) < 4.78 is 13.5. The molecule has 158 valence electrons. The zero-order valence-electron chi connectivity index (χ0n) is 17.5. The number of rotatable bonds is 8. The Hall–Kier alpha value is -3.62. The van der Waals surface area contributed by atoms with E-state index in [1.807, 2.05) is 31.2 Å². The van der Waals surface area contributed by atoms with Gasteiger partial charge in [-0.05, 0) is 37.6 Å². The molecule has 9 heteroatoms. The van der Waals surface area contributed by atoms with Gasteiger partial charge in [0.2, 0.25) is 5.91 Å². The second-order valence-corrected chi connectivity index (χ2v) is 6.80. The van der Waals surface area contributed by atoms with Crippen LogP contribution in [-0.2, 0) is 18.4 Å². The predicted octanol–water partition coefficient (Wildman–Crippen LogP) is 2.39. The smallest absolute Gasteiger partial charge is 0.270 e. The van der Waals surface area contributed by atoms with Crippen molar-refractivity contribution in [1.82, 2.24) is 19.6 Å². The third kappa shape index (κ3) is 4.86. The average molecular weight is 411 g/mol. The number of methoxy groups -OCH3 is 2. The third-order valence-corrected chi connectivity index (χ3v) is 4.59. The molecule has 0 atom stereocenters. The number of anilines is 1. The number of carbonyl (C=O) groups is 1. The van der Waals surface area contributed by atoms with Gasteiger partial charge in [-0.1, -0.05) is 0 Å². The molecule has 0 radical (unpaired) electrons. The van der Waals surface area contributed by atoms with Crippen LogP contribution in [0.4, 0.5) is 5.82 Å². The highest BCUT2D eigenvalue weighted by Crippen LogP contribution is 2.27. The molecular formula is C21H25N5O4. The van der Waals surface area contributed by atoms with Crippen LogP contribution in [0, 0.1) is 6.92 Å². The van der Waals surface area contributed by atoms with Crippen LogP contribution in [0.5, 0.6) is 11.5 Å². The first kappa shape index (κ1) is 21.1. The van der Waals surface area contributed by atoms with Crippen LogP contribution in [0.2, 0.25) is 0 Å². The highest BCUT2D eigenvalue weighted by Gasteiger charge is 2.13. The first-order chi connectivity index (χ1) is 14.4. The van der Waals surface area contributed by atoms with E-state index >= 15 is 0 Å². The molecule has 0 aliphatic carbocycles. The van der Waals surface area contributed by atoms with Gasteiger partial charge in [0.25, 0.3) is 5.56 Å². The van der Waals surface area contributed by atoms with Gasteiger partial charge in [0.05, 0.1) is 19.9 Å². The molecule has 0 saturated carbocycles. The molecule has 1 amide bonds. The van der Waals surface area contributed by atoms with Crippen LogP contribution < -0.4 is 20.3 Å². The fourth-order valence-corrected chi connectivity index (χ4v) is 3.06. The topological polar surface area (TPSA) is 100 Å². The Morgan fingerprint density at radius 1 is 1.10 bits per heavy atom. The lowest BCUT2D eigenvalue weighted by Crippen LogP contribution is -2.24. The Balaban J connectivity index is 1.70. The molecule has 1 N–H and O–H groups in total. The Morgan fingerprint density at radius 2 is 1.83 bits per heavy atom. The van der Waals surface area contributed by atoms with Crippen molar-refractivity contribution in [3.63, 3.8) is 0 Å². The summed E-state index contributed by atoms with van der Waals surface area (Å²) in [4.78, 5) is 24.6. The molecule has 30 heavy (non-hydrogen) atoms. The first-order valence-electron chi connectivity index (χ1n) is 9.52. The van der Waals surface area contributed by atoms with E-state index < -0.39 is 0 Å². The normalized spacial score (nSPS) is 10.7. The largest absolute Gasteiger partial charge is 0.497 e. The number of hydrogen-bond acceptors (Lipinski definition) is 6. The minimum absolute atomic E-state index is 0.144. The van der Waals surface area contributed by atoms with E-state index in [9.17, 15) is 9.59 Å². The Morgan fingerprint density at radius 3 is 2.43 bits per heavy atom. The summed E-state index contributed by atoms with van der Waals surface area (Å²) in [7, 11) is 4.86. The van der Waals surface area contributed by atoms with Crippen LogP contribution in [0.15, 0.2) is 41.2 Å². The van der Waals surface area contributed by atoms with Crippen molar-refractivity contribution < 1.29 is 14.3 Å². The Kier molecular flexibility index (Phi) is 6.51. The van der Waals surface area contributed by atoms with Crippen molar-refractivity contribution in [1.29, 1.82) is 0 Å². The van der Waals surface area contributed by atoms with Crippen molar-refractivity contribution >= 4 is 11.7 Å². The second-order valence-electron chi connectivity index (χ2n) is 6.80. The number of nitrogens with one attached hydrogen (secondary N) is 1. The molecule has 0 saturated heterocycles. The highest BCUT2D eigenvalue weighted by molar-refractivity contribution is 5.89. The van der Waals surface area contributed by atoms with Gasteiger partial charge in [0, 0.05) is 37.7 Å². The molecule has 0 bridgehead atoms. The minimum atomic E-state index is -0.285. The minimum Gasteiger partial charge on any atom is -0.497 e. The standard InChI is InChI=1S/C21H25N5O4/c1-14-12-18(25(2)23-14)22-19(27)6-5-11-26-20(28)13-17(30-4)21(24-26)15-7-9-16(29-3)10-8-15/h7-10,12-13H,5-6,11H2,1-4H3,(H,22,27). The van der Waals surface area contributed by atoms with Crippen LogP contribution in [0.3, 0.4) is 0 Å². The molecule has 0 unspecified atom stereocenters. The van der Waals surface area contributed by atoms with E-state index in [4.69, 9.17) is 9.47 Å². The third-order valence-electron chi connectivity index (χ3n) is 4.59. The van der Waals surface area contributed by atoms with E-state index in [0.717, 1.165) is 17.0 Å². The number of carbonyl (C=O) groups excluding carboxylic acids is 1. The molecule has 0 aliphatic rings. The maximum absolute atomic E-state index is 12.4. The fourth-order valence-electron chi connectivity index (χ4n) is 3.06. The molecule has 0 fully saturated rings. The van der Waals surface area contributed by atoms with E-state index in [-0.39, 0.29) is 17.9 Å².